The van der Waals surface area contributed by atoms with Gasteiger partial charge in [0.1, 0.15) is 13.2 Å². The fourth-order valence-corrected chi connectivity index (χ4v) is 9.09. The maximum Gasteiger partial charge on any atom is 0.306 e. The van der Waals surface area contributed by atoms with Crippen LogP contribution >= 0.6 is 0 Å². The third-order valence-electron chi connectivity index (χ3n) is 14.0. The van der Waals surface area contributed by atoms with Crippen molar-refractivity contribution in [2.45, 2.75) is 316 Å². The number of esters is 3. The molecule has 0 amide bonds. The summed E-state index contributed by atoms with van der Waals surface area (Å²) in [5.41, 5.74) is 0. The highest BCUT2D eigenvalue weighted by molar-refractivity contribution is 5.71. The van der Waals surface area contributed by atoms with E-state index in [1.807, 2.05) is 0 Å². The van der Waals surface area contributed by atoms with E-state index in [1.165, 1.54) is 148 Å². The molecule has 0 heterocycles. The van der Waals surface area contributed by atoms with Crippen LogP contribution in [0.25, 0.3) is 0 Å². The lowest BCUT2D eigenvalue weighted by atomic mass is 10.0. The average molecular weight is 1080 g/mol. The number of rotatable bonds is 59. The zero-order valence-corrected chi connectivity index (χ0v) is 51.2. The highest BCUT2D eigenvalue weighted by Crippen LogP contribution is 2.16. The summed E-state index contributed by atoms with van der Waals surface area (Å²) in [4.78, 5) is 38.2. The summed E-state index contributed by atoms with van der Waals surface area (Å²) in [6.07, 6.45) is 89.6. The molecule has 0 saturated carbocycles. The van der Waals surface area contributed by atoms with Crippen LogP contribution in [-0.2, 0) is 28.6 Å². The van der Waals surface area contributed by atoms with E-state index < -0.39 is 6.10 Å². The van der Waals surface area contributed by atoms with Crippen molar-refractivity contribution in [3.05, 3.63) is 109 Å². The number of carbonyl (C=O) groups excluding carboxylic acids is 3. The van der Waals surface area contributed by atoms with Crippen LogP contribution in [0.5, 0.6) is 0 Å². The predicted molar refractivity (Wildman–Crippen MR) is 339 cm³/mol. The third kappa shape index (κ3) is 62.9. The third-order valence-corrected chi connectivity index (χ3v) is 14.0. The molecule has 0 aromatic heterocycles. The Kier molecular flexibility index (Phi) is 62.3. The lowest BCUT2D eigenvalue weighted by Crippen LogP contribution is -2.30. The van der Waals surface area contributed by atoms with Gasteiger partial charge in [-0.2, -0.15) is 0 Å². The summed E-state index contributed by atoms with van der Waals surface area (Å²) >= 11 is 0. The Morgan fingerprint density at radius 3 is 0.833 bits per heavy atom. The summed E-state index contributed by atoms with van der Waals surface area (Å²) < 4.78 is 16.9. The molecule has 6 heteroatoms. The molecule has 0 rings (SSSR count). The lowest BCUT2D eigenvalue weighted by molar-refractivity contribution is -0.167. The maximum absolute atomic E-state index is 12.9. The topological polar surface area (TPSA) is 78.9 Å². The minimum absolute atomic E-state index is 0.0822. The molecule has 1 atom stereocenters. The summed E-state index contributed by atoms with van der Waals surface area (Å²) in [6.45, 7) is 6.50. The Morgan fingerprint density at radius 1 is 0.269 bits per heavy atom. The highest BCUT2D eigenvalue weighted by Gasteiger charge is 2.19. The molecule has 0 bridgehead atoms. The van der Waals surface area contributed by atoms with Gasteiger partial charge in [0, 0.05) is 19.3 Å². The van der Waals surface area contributed by atoms with Crippen LogP contribution in [0.2, 0.25) is 0 Å². The van der Waals surface area contributed by atoms with E-state index >= 15 is 0 Å². The van der Waals surface area contributed by atoms with Crippen molar-refractivity contribution >= 4 is 17.9 Å². The SMILES string of the molecule is CC/C=C\C/C=C\C/C=C\C/C=C\C/C=C\C/C=C\C/C=C\C/C=C\CCCCCCCCCCC(=O)OCC(COC(=O)CCCCCCC/C=C\CCCC)OC(=O)CCCCCCCCCCCCCCCCCC. The molecule has 0 fully saturated rings. The Hall–Kier alpha value is -3.93. The van der Waals surface area contributed by atoms with Crippen LogP contribution < -0.4 is 0 Å². The summed E-state index contributed by atoms with van der Waals surface area (Å²) in [5, 5.41) is 0. The van der Waals surface area contributed by atoms with Gasteiger partial charge in [-0.05, 0) is 103 Å². The zero-order valence-electron chi connectivity index (χ0n) is 51.2. The molecule has 0 saturated heterocycles. The molecule has 0 aliphatic heterocycles. The van der Waals surface area contributed by atoms with Crippen molar-refractivity contribution < 1.29 is 28.6 Å². The summed E-state index contributed by atoms with van der Waals surface area (Å²) in [7, 11) is 0. The number of hydrogen-bond donors (Lipinski definition) is 0. The lowest BCUT2D eigenvalue weighted by Gasteiger charge is -2.18. The van der Waals surface area contributed by atoms with Gasteiger partial charge >= 0.3 is 17.9 Å². The number of unbranched alkanes of at least 4 members (excludes halogenated alkanes) is 30. The van der Waals surface area contributed by atoms with E-state index in [2.05, 4.69) is 130 Å². The van der Waals surface area contributed by atoms with Crippen LogP contribution in [-0.4, -0.2) is 37.2 Å². The Morgan fingerprint density at radius 2 is 0.513 bits per heavy atom. The molecule has 0 spiro atoms. The van der Waals surface area contributed by atoms with Gasteiger partial charge in [-0.15, -0.1) is 0 Å². The molecule has 0 aromatic carbocycles. The predicted octanol–water partition coefficient (Wildman–Crippen LogP) is 22.6. The highest BCUT2D eigenvalue weighted by atomic mass is 16.6. The van der Waals surface area contributed by atoms with Gasteiger partial charge in [-0.3, -0.25) is 14.4 Å². The second-order valence-electron chi connectivity index (χ2n) is 21.6. The van der Waals surface area contributed by atoms with Gasteiger partial charge in [0.05, 0.1) is 0 Å². The van der Waals surface area contributed by atoms with Gasteiger partial charge in [0.15, 0.2) is 6.10 Å². The second kappa shape index (κ2) is 65.6. The molecule has 0 aliphatic carbocycles. The van der Waals surface area contributed by atoms with Gasteiger partial charge in [-0.25, -0.2) is 0 Å². The minimum Gasteiger partial charge on any atom is -0.462 e. The fraction of sp³-hybridized carbons (Fsp3) is 0.708. The van der Waals surface area contributed by atoms with E-state index in [0.717, 1.165) is 122 Å². The van der Waals surface area contributed by atoms with Gasteiger partial charge in [0.25, 0.3) is 0 Å². The Balaban J connectivity index is 4.23. The van der Waals surface area contributed by atoms with Crippen molar-refractivity contribution in [3.63, 3.8) is 0 Å². The first-order chi connectivity index (χ1) is 38.5. The molecule has 0 N–H and O–H groups in total. The molecule has 446 valence electrons. The molecular formula is C72H122O6. The van der Waals surface area contributed by atoms with Gasteiger partial charge in [0.2, 0.25) is 0 Å². The standard InChI is InChI=1S/C72H122O6/c1-4-7-10-13-16-19-22-24-26-28-29-30-31-32-33-34-35-36-37-38-39-40-41-42-43-44-46-47-50-53-56-59-62-65-71(74)77-68-69(67-76-70(73)64-61-58-55-52-49-21-18-15-12-9-6-3)78-72(75)66-63-60-57-54-51-48-45-27-25-23-20-17-14-11-8-5-2/h7,10,15-16,18-19,24,26,29-30,32-33,35-36,38-39,41-42,69H,4-6,8-9,11-14,17,20-23,25,27-28,31,34,37,40,43-68H2,1-3H3/b10-7-,18-15-,19-16-,26-24-,30-29-,33-32-,36-35-,39-38-,42-41-. The van der Waals surface area contributed by atoms with Crippen molar-refractivity contribution in [1.29, 1.82) is 0 Å². The zero-order chi connectivity index (χ0) is 56.4. The molecule has 6 nitrogen and oxygen atoms in total. The van der Waals surface area contributed by atoms with E-state index in [1.54, 1.807) is 0 Å². The van der Waals surface area contributed by atoms with Crippen molar-refractivity contribution in [1.82, 2.24) is 0 Å². The van der Waals surface area contributed by atoms with E-state index in [9.17, 15) is 14.4 Å². The second-order valence-corrected chi connectivity index (χ2v) is 21.6. The van der Waals surface area contributed by atoms with Gasteiger partial charge in [-0.1, -0.05) is 297 Å². The van der Waals surface area contributed by atoms with Crippen molar-refractivity contribution in [3.8, 4) is 0 Å². The van der Waals surface area contributed by atoms with Crippen LogP contribution in [0.15, 0.2) is 109 Å². The number of hydrogen-bond acceptors (Lipinski definition) is 6. The van der Waals surface area contributed by atoms with Crippen LogP contribution in [0, 0.1) is 0 Å². The summed E-state index contributed by atoms with van der Waals surface area (Å²) in [5.74, 6) is -0.890. The maximum atomic E-state index is 12.9. The number of ether oxygens (including phenoxy) is 3. The molecular weight excluding hydrogens is 961 g/mol. The number of carbonyl (C=O) groups is 3. The average Bonchev–Trinajstić information content (AvgIpc) is 3.44. The van der Waals surface area contributed by atoms with Crippen LogP contribution in [0.1, 0.15) is 310 Å². The van der Waals surface area contributed by atoms with Crippen molar-refractivity contribution in [2.75, 3.05) is 13.2 Å². The quantitative estimate of drug-likeness (QED) is 0.0261. The normalized spacial score (nSPS) is 12.8. The molecule has 78 heavy (non-hydrogen) atoms. The molecule has 1 unspecified atom stereocenters. The molecule has 0 aliphatic rings. The molecule has 0 aromatic rings. The van der Waals surface area contributed by atoms with E-state index in [4.69, 9.17) is 14.2 Å². The monoisotopic (exact) mass is 1080 g/mol. The molecule has 0 radical (unpaired) electrons. The van der Waals surface area contributed by atoms with Crippen LogP contribution in [0.3, 0.4) is 0 Å². The van der Waals surface area contributed by atoms with E-state index in [0.29, 0.717) is 19.3 Å². The van der Waals surface area contributed by atoms with Crippen molar-refractivity contribution in [2.24, 2.45) is 0 Å². The first-order valence-corrected chi connectivity index (χ1v) is 32.9. The largest absolute Gasteiger partial charge is 0.462 e. The van der Waals surface area contributed by atoms with E-state index in [-0.39, 0.29) is 31.1 Å². The smallest absolute Gasteiger partial charge is 0.306 e. The van der Waals surface area contributed by atoms with Gasteiger partial charge < -0.3 is 14.2 Å². The summed E-state index contributed by atoms with van der Waals surface area (Å²) in [6, 6.07) is 0. The van der Waals surface area contributed by atoms with Crippen LogP contribution in [0.4, 0.5) is 0 Å². The Labute approximate surface area is 482 Å². The fourth-order valence-electron chi connectivity index (χ4n) is 9.09. The first-order valence-electron chi connectivity index (χ1n) is 32.9. The Bertz CT molecular complexity index is 1570. The number of allylic oxidation sites excluding steroid dienone is 18. The minimum atomic E-state index is -0.784. The first kappa shape index (κ1) is 74.1.